The first kappa shape index (κ1) is 19.9. The smallest absolute Gasteiger partial charge is 0.217 e. The fourth-order valence-corrected chi connectivity index (χ4v) is 6.22. The normalized spacial score (nSPS) is 27.9. The summed E-state index contributed by atoms with van der Waals surface area (Å²) < 4.78 is 27.2. The van der Waals surface area contributed by atoms with Crippen molar-refractivity contribution in [3.05, 3.63) is 11.3 Å². The van der Waals surface area contributed by atoms with Gasteiger partial charge in [0.15, 0.2) is 0 Å². The van der Waals surface area contributed by atoms with E-state index in [1.165, 1.54) is 11.3 Å². The van der Waals surface area contributed by atoms with Gasteiger partial charge >= 0.3 is 0 Å². The fraction of sp³-hybridized carbons (Fsp3) is 0.850. The van der Waals surface area contributed by atoms with Gasteiger partial charge in [-0.05, 0) is 30.8 Å². The molecule has 26 heavy (non-hydrogen) atoms. The minimum Gasteiger partial charge on any atom is -0.332 e. The van der Waals surface area contributed by atoms with Crippen LogP contribution in [0.1, 0.15) is 67.7 Å². The standard InChI is InChI=1S/C20H35N3O2S/c1-13-17(19(2,3)4)16-11-14(22(8)26(24,25)15-9-10-15)12-23(16)18(21-13)20(5,6)7/h13-15H,9-12H2,1-8H3/t13-,14?/m0/s1. The van der Waals surface area contributed by atoms with Gasteiger partial charge in [0.1, 0.15) is 5.84 Å². The first-order valence-electron chi connectivity index (χ1n) is 9.80. The molecule has 0 aromatic heterocycles. The van der Waals surface area contributed by atoms with Crippen molar-refractivity contribution < 1.29 is 8.42 Å². The average molecular weight is 382 g/mol. The highest BCUT2D eigenvalue weighted by Crippen LogP contribution is 2.44. The molecule has 148 valence electrons. The molecular weight excluding hydrogens is 346 g/mol. The predicted octanol–water partition coefficient (Wildman–Crippen LogP) is 3.63. The third-order valence-electron chi connectivity index (χ3n) is 5.79. The van der Waals surface area contributed by atoms with E-state index >= 15 is 0 Å². The lowest BCUT2D eigenvalue weighted by molar-refractivity contribution is 0.354. The van der Waals surface area contributed by atoms with E-state index in [2.05, 4.69) is 53.4 Å². The number of hydrogen-bond acceptors (Lipinski definition) is 4. The minimum atomic E-state index is -3.17. The van der Waals surface area contributed by atoms with Crippen molar-refractivity contribution in [3.8, 4) is 0 Å². The second-order valence-corrected chi connectivity index (χ2v) is 12.5. The van der Waals surface area contributed by atoms with Crippen molar-refractivity contribution in [1.29, 1.82) is 0 Å². The number of rotatable bonds is 3. The van der Waals surface area contributed by atoms with Gasteiger partial charge in [0.2, 0.25) is 10.0 Å². The van der Waals surface area contributed by atoms with E-state index < -0.39 is 10.0 Å². The van der Waals surface area contributed by atoms with Crippen LogP contribution < -0.4 is 0 Å². The van der Waals surface area contributed by atoms with Crippen molar-refractivity contribution in [1.82, 2.24) is 9.21 Å². The van der Waals surface area contributed by atoms with Crippen LogP contribution in [-0.2, 0) is 10.0 Å². The molecule has 2 heterocycles. The van der Waals surface area contributed by atoms with Gasteiger partial charge in [-0.2, -0.15) is 4.31 Å². The zero-order valence-corrected chi connectivity index (χ0v) is 18.4. The molecule has 0 radical (unpaired) electrons. The molecule has 2 aliphatic heterocycles. The molecule has 0 N–H and O–H groups in total. The van der Waals surface area contributed by atoms with Crippen LogP contribution in [-0.4, -0.2) is 54.4 Å². The van der Waals surface area contributed by atoms with Gasteiger partial charge in [-0.1, -0.05) is 41.5 Å². The Morgan fingerprint density at radius 2 is 1.65 bits per heavy atom. The molecule has 2 fully saturated rings. The molecule has 6 heteroatoms. The largest absolute Gasteiger partial charge is 0.332 e. The predicted molar refractivity (Wildman–Crippen MR) is 108 cm³/mol. The summed E-state index contributed by atoms with van der Waals surface area (Å²) in [6, 6.07) is 0.130. The Labute approximate surface area is 159 Å². The summed E-state index contributed by atoms with van der Waals surface area (Å²) in [5.41, 5.74) is 2.60. The summed E-state index contributed by atoms with van der Waals surface area (Å²) >= 11 is 0. The average Bonchev–Trinajstić information content (AvgIpc) is 3.24. The van der Waals surface area contributed by atoms with Crippen LogP contribution >= 0.6 is 0 Å². The Morgan fingerprint density at radius 1 is 1.08 bits per heavy atom. The Kier molecular flexibility index (Phi) is 4.63. The summed E-state index contributed by atoms with van der Waals surface area (Å²) in [5, 5.41) is -0.157. The second-order valence-electron chi connectivity index (χ2n) is 10.2. The van der Waals surface area contributed by atoms with Gasteiger partial charge in [0.25, 0.3) is 0 Å². The number of sulfonamides is 1. The SMILES string of the molecule is C[C@@H]1N=C(C(C)(C)C)N2CC(N(C)S(=O)(=O)C3CC3)CC2=C1C(C)(C)C. The summed E-state index contributed by atoms with van der Waals surface area (Å²) in [5.74, 6) is 1.09. The number of amidine groups is 1. The topological polar surface area (TPSA) is 53.0 Å². The van der Waals surface area contributed by atoms with E-state index in [0.717, 1.165) is 25.1 Å². The van der Waals surface area contributed by atoms with Crippen LogP contribution in [0.3, 0.4) is 0 Å². The van der Waals surface area contributed by atoms with Crippen LogP contribution in [0.25, 0.3) is 0 Å². The van der Waals surface area contributed by atoms with Crippen molar-refractivity contribution in [2.45, 2.75) is 85.1 Å². The summed E-state index contributed by atoms with van der Waals surface area (Å²) in [7, 11) is -1.40. The maximum Gasteiger partial charge on any atom is 0.217 e. The van der Waals surface area contributed by atoms with Crippen molar-refractivity contribution in [2.75, 3.05) is 13.6 Å². The molecule has 3 aliphatic rings. The molecule has 5 nitrogen and oxygen atoms in total. The molecule has 1 saturated heterocycles. The van der Waals surface area contributed by atoms with E-state index in [1.807, 2.05) is 0 Å². The summed E-state index contributed by atoms with van der Waals surface area (Å²) in [6.07, 6.45) is 2.41. The monoisotopic (exact) mass is 381 g/mol. The third kappa shape index (κ3) is 3.35. The van der Waals surface area contributed by atoms with Crippen LogP contribution in [0, 0.1) is 10.8 Å². The Hall–Kier alpha value is -0.880. The lowest BCUT2D eigenvalue weighted by Crippen LogP contribution is -2.45. The highest BCUT2D eigenvalue weighted by molar-refractivity contribution is 7.90. The fourth-order valence-electron chi connectivity index (χ4n) is 4.46. The van der Waals surface area contributed by atoms with E-state index in [1.54, 1.807) is 11.4 Å². The van der Waals surface area contributed by atoms with Crippen LogP contribution in [0.15, 0.2) is 16.3 Å². The first-order valence-corrected chi connectivity index (χ1v) is 11.3. The number of hydrogen-bond donors (Lipinski definition) is 0. The van der Waals surface area contributed by atoms with Crippen molar-refractivity contribution in [2.24, 2.45) is 15.8 Å². The maximum atomic E-state index is 12.8. The third-order valence-corrected chi connectivity index (χ3v) is 8.20. The van der Waals surface area contributed by atoms with E-state index in [9.17, 15) is 8.42 Å². The molecule has 3 rings (SSSR count). The molecule has 0 aromatic carbocycles. The van der Waals surface area contributed by atoms with Crippen molar-refractivity contribution >= 4 is 15.9 Å². The number of aliphatic imine (C=N–C) groups is 1. The Balaban J connectivity index is 2.01. The first-order chi connectivity index (χ1) is 11.7. The Bertz CT molecular complexity index is 749. The lowest BCUT2D eigenvalue weighted by Gasteiger charge is -2.41. The van der Waals surface area contributed by atoms with Crippen molar-refractivity contribution in [3.63, 3.8) is 0 Å². The van der Waals surface area contributed by atoms with E-state index in [4.69, 9.17) is 4.99 Å². The van der Waals surface area contributed by atoms with Gasteiger partial charge in [0.05, 0.1) is 11.3 Å². The number of likely N-dealkylation sites (N-methyl/N-ethyl adjacent to an activating group) is 1. The molecule has 0 spiro atoms. The molecule has 0 aromatic rings. The van der Waals surface area contributed by atoms with E-state index in [-0.39, 0.29) is 28.2 Å². The van der Waals surface area contributed by atoms with Gasteiger partial charge in [-0.15, -0.1) is 0 Å². The number of nitrogens with zero attached hydrogens (tertiary/aromatic N) is 3. The quantitative estimate of drug-likeness (QED) is 0.750. The molecule has 0 amide bonds. The molecule has 1 saturated carbocycles. The van der Waals surface area contributed by atoms with Crippen LogP contribution in [0.2, 0.25) is 0 Å². The molecule has 1 unspecified atom stereocenters. The zero-order valence-electron chi connectivity index (χ0n) is 17.6. The maximum absolute atomic E-state index is 12.8. The van der Waals surface area contributed by atoms with Crippen LogP contribution in [0.4, 0.5) is 0 Å². The van der Waals surface area contributed by atoms with Crippen LogP contribution in [0.5, 0.6) is 0 Å². The van der Waals surface area contributed by atoms with E-state index in [0.29, 0.717) is 6.54 Å². The Morgan fingerprint density at radius 3 is 2.12 bits per heavy atom. The van der Waals surface area contributed by atoms with Gasteiger partial charge in [-0.25, -0.2) is 8.42 Å². The van der Waals surface area contributed by atoms with Gasteiger partial charge in [0, 0.05) is 37.2 Å². The second kappa shape index (κ2) is 6.06. The zero-order chi connectivity index (χ0) is 19.7. The summed E-state index contributed by atoms with van der Waals surface area (Å²) in [6.45, 7) is 16.2. The summed E-state index contributed by atoms with van der Waals surface area (Å²) in [4.78, 5) is 7.39. The highest BCUT2D eigenvalue weighted by atomic mass is 32.2. The molecule has 1 aliphatic carbocycles. The molecule has 0 bridgehead atoms. The lowest BCUT2D eigenvalue weighted by atomic mass is 9.79. The van der Waals surface area contributed by atoms with Gasteiger partial charge < -0.3 is 4.90 Å². The highest BCUT2D eigenvalue weighted by Gasteiger charge is 2.47. The minimum absolute atomic E-state index is 0.00852. The number of fused-ring (bicyclic) bond motifs is 1. The molecular formula is C20H35N3O2S. The van der Waals surface area contributed by atoms with Gasteiger partial charge in [-0.3, -0.25) is 4.99 Å². The molecule has 2 atom stereocenters.